The van der Waals surface area contributed by atoms with Crippen molar-refractivity contribution in [1.29, 1.82) is 0 Å². The maximum absolute atomic E-state index is 12.5. The molecule has 0 bridgehead atoms. The molecule has 0 radical (unpaired) electrons. The number of benzene rings is 1. The van der Waals surface area contributed by atoms with Gasteiger partial charge in [0, 0.05) is 18.2 Å². The smallest absolute Gasteiger partial charge is 0.379 e. The SMILES string of the molecule is O=C(Oc1cc(F)cc(F)c1)C(F)F. The van der Waals surface area contributed by atoms with Crippen LogP contribution < -0.4 is 4.74 Å². The van der Waals surface area contributed by atoms with Gasteiger partial charge in [0.15, 0.2) is 0 Å². The number of alkyl halides is 2. The van der Waals surface area contributed by atoms with E-state index in [9.17, 15) is 22.4 Å². The maximum Gasteiger partial charge on any atom is 0.379 e. The summed E-state index contributed by atoms with van der Waals surface area (Å²) in [4.78, 5) is 10.3. The Hall–Kier alpha value is -1.59. The summed E-state index contributed by atoms with van der Waals surface area (Å²) in [6, 6.07) is 1.78. The molecule has 1 rings (SSSR count). The van der Waals surface area contributed by atoms with Gasteiger partial charge in [0.1, 0.15) is 17.4 Å². The minimum Gasteiger partial charge on any atom is -0.422 e. The number of carbonyl (C=O) groups is 1. The second kappa shape index (κ2) is 4.08. The molecule has 0 heterocycles. The Bertz CT molecular complexity index is 331. The Morgan fingerprint density at radius 3 is 2.07 bits per heavy atom. The summed E-state index contributed by atoms with van der Waals surface area (Å²) in [5, 5.41) is 0. The second-order valence-electron chi connectivity index (χ2n) is 2.33. The number of esters is 1. The lowest BCUT2D eigenvalue weighted by molar-refractivity contribution is -0.146. The Morgan fingerprint density at radius 1 is 1.14 bits per heavy atom. The van der Waals surface area contributed by atoms with Gasteiger partial charge >= 0.3 is 12.4 Å². The molecular weight excluding hydrogens is 204 g/mol. The van der Waals surface area contributed by atoms with Crippen molar-refractivity contribution in [1.82, 2.24) is 0 Å². The number of carbonyl (C=O) groups excluding carboxylic acids is 1. The van der Waals surface area contributed by atoms with E-state index < -0.39 is 29.8 Å². The van der Waals surface area contributed by atoms with Crippen molar-refractivity contribution in [3.05, 3.63) is 29.8 Å². The molecule has 0 aliphatic heterocycles. The lowest BCUT2D eigenvalue weighted by Crippen LogP contribution is -2.17. The van der Waals surface area contributed by atoms with E-state index in [1.54, 1.807) is 0 Å². The molecule has 0 fully saturated rings. The largest absolute Gasteiger partial charge is 0.422 e. The van der Waals surface area contributed by atoms with Crippen LogP contribution in [0.15, 0.2) is 18.2 Å². The van der Waals surface area contributed by atoms with Gasteiger partial charge in [-0.15, -0.1) is 0 Å². The summed E-state index contributed by atoms with van der Waals surface area (Å²) < 4.78 is 52.2. The summed E-state index contributed by atoms with van der Waals surface area (Å²) in [6.07, 6.45) is -3.33. The summed E-state index contributed by atoms with van der Waals surface area (Å²) in [5.74, 6) is -4.47. The fourth-order valence-corrected chi connectivity index (χ4v) is 0.748. The second-order valence-corrected chi connectivity index (χ2v) is 2.33. The molecule has 1 aromatic carbocycles. The van der Waals surface area contributed by atoms with Gasteiger partial charge in [-0.05, 0) is 0 Å². The number of rotatable bonds is 2. The molecular formula is C8H4F4O2. The zero-order chi connectivity index (χ0) is 10.7. The minimum absolute atomic E-state index is 0.527. The highest BCUT2D eigenvalue weighted by atomic mass is 19.3. The third-order valence-electron chi connectivity index (χ3n) is 1.23. The van der Waals surface area contributed by atoms with Crippen LogP contribution in [0.1, 0.15) is 0 Å². The average Bonchev–Trinajstić information content (AvgIpc) is 2.01. The van der Waals surface area contributed by atoms with Gasteiger partial charge in [-0.2, -0.15) is 8.78 Å². The summed E-state index contributed by atoms with van der Waals surface area (Å²) in [7, 11) is 0. The number of hydrogen-bond acceptors (Lipinski definition) is 2. The van der Waals surface area contributed by atoms with Crippen molar-refractivity contribution < 1.29 is 27.1 Å². The highest BCUT2D eigenvalue weighted by molar-refractivity contribution is 5.75. The van der Waals surface area contributed by atoms with Crippen molar-refractivity contribution in [2.45, 2.75) is 6.43 Å². The van der Waals surface area contributed by atoms with Gasteiger partial charge in [0.2, 0.25) is 0 Å². The first-order chi connectivity index (χ1) is 6.49. The topological polar surface area (TPSA) is 26.3 Å². The van der Waals surface area contributed by atoms with E-state index in [0.29, 0.717) is 18.2 Å². The van der Waals surface area contributed by atoms with Crippen LogP contribution in [0.3, 0.4) is 0 Å². The van der Waals surface area contributed by atoms with E-state index in [2.05, 4.69) is 4.74 Å². The predicted octanol–water partition coefficient (Wildman–Crippen LogP) is 2.14. The highest BCUT2D eigenvalue weighted by Crippen LogP contribution is 2.16. The van der Waals surface area contributed by atoms with Crippen molar-refractivity contribution in [3.8, 4) is 5.75 Å². The molecule has 76 valence electrons. The minimum atomic E-state index is -3.33. The first-order valence-corrected chi connectivity index (χ1v) is 3.45. The first-order valence-electron chi connectivity index (χ1n) is 3.45. The molecule has 0 amide bonds. The molecule has 0 spiro atoms. The molecule has 0 aliphatic carbocycles. The fourth-order valence-electron chi connectivity index (χ4n) is 0.748. The van der Waals surface area contributed by atoms with E-state index in [-0.39, 0.29) is 0 Å². The van der Waals surface area contributed by atoms with Crippen LogP contribution >= 0.6 is 0 Å². The van der Waals surface area contributed by atoms with Crippen LogP contribution in [0.4, 0.5) is 17.6 Å². The van der Waals surface area contributed by atoms with Crippen LogP contribution in [0, 0.1) is 11.6 Å². The molecule has 14 heavy (non-hydrogen) atoms. The standard InChI is InChI=1S/C8H4F4O2/c9-4-1-5(10)3-6(2-4)14-8(13)7(11)12/h1-3,7H. The summed E-state index contributed by atoms with van der Waals surface area (Å²) in [6.45, 7) is 0. The van der Waals surface area contributed by atoms with Crippen molar-refractivity contribution >= 4 is 5.97 Å². The Labute approximate surface area is 76.1 Å². The molecule has 0 aliphatic rings. The van der Waals surface area contributed by atoms with Gasteiger partial charge in [-0.25, -0.2) is 13.6 Å². The molecule has 2 nitrogen and oxygen atoms in total. The van der Waals surface area contributed by atoms with E-state index in [1.807, 2.05) is 0 Å². The Balaban J connectivity index is 2.82. The average molecular weight is 208 g/mol. The highest BCUT2D eigenvalue weighted by Gasteiger charge is 2.18. The van der Waals surface area contributed by atoms with Crippen molar-refractivity contribution in [2.24, 2.45) is 0 Å². The Morgan fingerprint density at radius 2 is 1.64 bits per heavy atom. The van der Waals surface area contributed by atoms with Gasteiger partial charge in [-0.3, -0.25) is 0 Å². The van der Waals surface area contributed by atoms with Crippen LogP contribution in [0.25, 0.3) is 0 Å². The lowest BCUT2D eigenvalue weighted by atomic mass is 10.3. The maximum atomic E-state index is 12.5. The van der Waals surface area contributed by atoms with Gasteiger partial charge in [-0.1, -0.05) is 0 Å². The fraction of sp³-hybridized carbons (Fsp3) is 0.125. The molecule has 0 N–H and O–H groups in total. The number of hydrogen-bond donors (Lipinski definition) is 0. The molecule has 6 heteroatoms. The molecule has 0 atom stereocenters. The van der Waals surface area contributed by atoms with Crippen LogP contribution in [-0.4, -0.2) is 12.4 Å². The normalized spacial score (nSPS) is 10.4. The van der Waals surface area contributed by atoms with Crippen LogP contribution in [0.2, 0.25) is 0 Å². The zero-order valence-electron chi connectivity index (χ0n) is 6.64. The predicted molar refractivity (Wildman–Crippen MR) is 38.0 cm³/mol. The van der Waals surface area contributed by atoms with Gasteiger partial charge in [0.05, 0.1) is 0 Å². The summed E-state index contributed by atoms with van der Waals surface area (Å²) >= 11 is 0. The first kappa shape index (κ1) is 10.5. The Kier molecular flexibility index (Phi) is 3.06. The molecule has 1 aromatic rings. The quantitative estimate of drug-likeness (QED) is 0.422. The van der Waals surface area contributed by atoms with Gasteiger partial charge in [0.25, 0.3) is 0 Å². The number of halogens is 4. The van der Waals surface area contributed by atoms with Gasteiger partial charge < -0.3 is 4.74 Å². The monoisotopic (exact) mass is 208 g/mol. The van der Waals surface area contributed by atoms with E-state index in [4.69, 9.17) is 0 Å². The van der Waals surface area contributed by atoms with Crippen molar-refractivity contribution in [2.75, 3.05) is 0 Å². The lowest BCUT2D eigenvalue weighted by Gasteiger charge is -2.03. The van der Waals surface area contributed by atoms with E-state index >= 15 is 0 Å². The van der Waals surface area contributed by atoms with Crippen molar-refractivity contribution in [3.63, 3.8) is 0 Å². The van der Waals surface area contributed by atoms with E-state index in [0.717, 1.165) is 0 Å². The third-order valence-corrected chi connectivity index (χ3v) is 1.23. The third kappa shape index (κ3) is 2.72. The molecule has 0 unspecified atom stereocenters. The zero-order valence-corrected chi connectivity index (χ0v) is 6.64. The molecule has 0 saturated heterocycles. The molecule has 0 aromatic heterocycles. The number of ether oxygens (including phenoxy) is 1. The van der Waals surface area contributed by atoms with Crippen LogP contribution in [-0.2, 0) is 4.79 Å². The van der Waals surface area contributed by atoms with E-state index in [1.165, 1.54) is 0 Å². The molecule has 0 saturated carbocycles. The summed E-state index contributed by atoms with van der Waals surface area (Å²) in [5.41, 5.74) is 0. The van der Waals surface area contributed by atoms with Crippen LogP contribution in [0.5, 0.6) is 5.75 Å².